The molecule has 186 valence electrons. The van der Waals surface area contributed by atoms with Gasteiger partial charge in [0.15, 0.2) is 18.3 Å². The summed E-state index contributed by atoms with van der Waals surface area (Å²) in [6.07, 6.45) is -8.36. The second-order valence-electron chi connectivity index (χ2n) is 7.01. The van der Waals surface area contributed by atoms with E-state index < -0.39 is 77.6 Å². The normalized spacial score (nSPS) is 23.9. The van der Waals surface area contributed by atoms with Gasteiger partial charge in [-0.15, -0.1) is 0 Å². The highest BCUT2D eigenvalue weighted by Gasteiger charge is 2.56. The van der Waals surface area contributed by atoms with Crippen molar-refractivity contribution in [2.75, 3.05) is 7.11 Å². The number of esters is 4. The van der Waals surface area contributed by atoms with Crippen molar-refractivity contribution in [3.8, 4) is 5.75 Å². The second kappa shape index (κ2) is 11.4. The molecule has 2 rings (SSSR count). The van der Waals surface area contributed by atoms with Gasteiger partial charge in [-0.3, -0.25) is 24.5 Å². The number of hydrogen-bond donors (Lipinski definition) is 1. The van der Waals surface area contributed by atoms with Crippen molar-refractivity contribution in [1.29, 1.82) is 0 Å². The van der Waals surface area contributed by atoms with Gasteiger partial charge in [0.2, 0.25) is 18.1 Å². The van der Waals surface area contributed by atoms with Crippen LogP contribution in [-0.2, 0) is 49.5 Å². The number of methoxy groups -OCH3 is 1. The summed E-state index contributed by atoms with van der Waals surface area (Å²) in [5.74, 6) is -4.13. The van der Waals surface area contributed by atoms with Crippen molar-refractivity contribution < 1.29 is 57.6 Å². The molecular weight excluding hydrogens is 462 g/mol. The van der Waals surface area contributed by atoms with E-state index in [4.69, 9.17) is 23.7 Å². The molecule has 1 aromatic carbocycles. The number of carbonyl (C=O) groups is 4. The molecule has 1 saturated heterocycles. The molecule has 14 heteroatoms. The SMILES string of the molecule is COC(=O)[C@H]1O[C@@H](Oc2cc(CO)ccc2[N+](=O)[O-])[C@H](OC(C)=O)[C@@H](OC(C)=O)[C@@H]1OC(C)=O. The number of nitro benzene ring substituents is 1. The van der Waals surface area contributed by atoms with E-state index in [-0.39, 0.29) is 5.56 Å². The van der Waals surface area contributed by atoms with E-state index in [0.29, 0.717) is 0 Å². The maximum atomic E-state index is 12.4. The molecule has 0 radical (unpaired) electrons. The smallest absolute Gasteiger partial charge is 0.339 e. The van der Waals surface area contributed by atoms with Crippen LogP contribution in [0.2, 0.25) is 0 Å². The van der Waals surface area contributed by atoms with Crippen LogP contribution in [0.5, 0.6) is 5.75 Å². The summed E-state index contributed by atoms with van der Waals surface area (Å²) in [5, 5.41) is 20.8. The minimum Gasteiger partial charge on any atom is -0.467 e. The Morgan fingerprint density at radius 1 is 1.00 bits per heavy atom. The first kappa shape index (κ1) is 26.5. The van der Waals surface area contributed by atoms with Crippen LogP contribution < -0.4 is 4.74 Å². The van der Waals surface area contributed by atoms with Crippen molar-refractivity contribution >= 4 is 29.6 Å². The third-order valence-electron chi connectivity index (χ3n) is 4.48. The van der Waals surface area contributed by atoms with E-state index in [1.165, 1.54) is 6.07 Å². The minimum atomic E-state index is -1.77. The van der Waals surface area contributed by atoms with E-state index in [9.17, 15) is 34.4 Å². The molecule has 1 fully saturated rings. The van der Waals surface area contributed by atoms with Crippen molar-refractivity contribution in [2.45, 2.75) is 58.1 Å². The number of aliphatic hydroxyl groups excluding tert-OH is 1. The molecule has 0 aliphatic carbocycles. The summed E-state index contributed by atoms with van der Waals surface area (Å²) >= 11 is 0. The number of ether oxygens (including phenoxy) is 6. The second-order valence-corrected chi connectivity index (χ2v) is 7.01. The molecule has 0 unspecified atom stereocenters. The van der Waals surface area contributed by atoms with Gasteiger partial charge in [0.25, 0.3) is 0 Å². The predicted octanol–water partition coefficient (Wildman–Crippen LogP) is 0.159. The lowest BCUT2D eigenvalue weighted by atomic mass is 9.97. The summed E-state index contributed by atoms with van der Waals surface area (Å²) in [6, 6.07) is 3.48. The van der Waals surface area contributed by atoms with Crippen LogP contribution in [0.25, 0.3) is 0 Å². The zero-order valence-electron chi connectivity index (χ0n) is 18.6. The van der Waals surface area contributed by atoms with Gasteiger partial charge >= 0.3 is 29.6 Å². The summed E-state index contributed by atoms with van der Waals surface area (Å²) in [4.78, 5) is 58.4. The van der Waals surface area contributed by atoms with Crippen LogP contribution in [0.3, 0.4) is 0 Å². The number of carbonyl (C=O) groups excluding carboxylic acids is 4. The van der Waals surface area contributed by atoms with Crippen molar-refractivity contribution in [3.05, 3.63) is 33.9 Å². The predicted molar refractivity (Wildman–Crippen MR) is 107 cm³/mol. The Labute approximate surface area is 192 Å². The van der Waals surface area contributed by atoms with Crippen molar-refractivity contribution in [2.24, 2.45) is 0 Å². The number of rotatable bonds is 8. The van der Waals surface area contributed by atoms with Crippen LogP contribution in [-0.4, -0.2) is 71.7 Å². The number of aliphatic hydroxyl groups is 1. The fourth-order valence-electron chi connectivity index (χ4n) is 3.20. The van der Waals surface area contributed by atoms with E-state index in [2.05, 4.69) is 4.74 Å². The molecule has 1 aromatic rings. The standard InChI is InChI=1S/C20H23NO13/c1-9(23)30-15-16(31-10(2)24)18(32-11(3)25)20(34-17(15)19(26)29-4)33-14-7-12(8-22)5-6-13(14)21(27)28/h5-7,15-18,20,22H,8H2,1-4H3/t15-,16-,17-,18+,20+/m0/s1. The molecule has 34 heavy (non-hydrogen) atoms. The first-order valence-corrected chi connectivity index (χ1v) is 9.78. The third kappa shape index (κ3) is 6.39. The molecular formula is C20H23NO13. The van der Waals surface area contributed by atoms with Gasteiger partial charge < -0.3 is 33.5 Å². The molecule has 14 nitrogen and oxygen atoms in total. The van der Waals surface area contributed by atoms with Crippen molar-refractivity contribution in [1.82, 2.24) is 0 Å². The molecule has 1 aliphatic rings. The van der Waals surface area contributed by atoms with Crippen LogP contribution in [0, 0.1) is 10.1 Å². The van der Waals surface area contributed by atoms with E-state index in [1.54, 1.807) is 0 Å². The number of benzene rings is 1. The topological polar surface area (TPSA) is 187 Å². The lowest BCUT2D eigenvalue weighted by Crippen LogP contribution is -2.64. The largest absolute Gasteiger partial charge is 0.467 e. The van der Waals surface area contributed by atoms with Gasteiger partial charge in [-0.05, 0) is 17.7 Å². The Hall–Kier alpha value is -3.78. The van der Waals surface area contributed by atoms with Gasteiger partial charge in [0.1, 0.15) is 0 Å². The lowest BCUT2D eigenvalue weighted by Gasteiger charge is -2.43. The Bertz CT molecular complexity index is 962. The third-order valence-corrected chi connectivity index (χ3v) is 4.48. The zero-order valence-corrected chi connectivity index (χ0v) is 18.6. The molecule has 1 aliphatic heterocycles. The number of nitrogens with zero attached hydrogens (tertiary/aromatic N) is 1. The fourth-order valence-corrected chi connectivity index (χ4v) is 3.20. The minimum absolute atomic E-state index is 0.235. The first-order valence-electron chi connectivity index (χ1n) is 9.78. The summed E-state index contributed by atoms with van der Waals surface area (Å²) < 4.78 is 31.3. The van der Waals surface area contributed by atoms with E-state index in [1.807, 2.05) is 0 Å². The van der Waals surface area contributed by atoms with Gasteiger partial charge in [-0.2, -0.15) is 0 Å². The van der Waals surface area contributed by atoms with Crippen LogP contribution in [0.1, 0.15) is 26.3 Å². The quantitative estimate of drug-likeness (QED) is 0.227. The van der Waals surface area contributed by atoms with Gasteiger partial charge in [-0.25, -0.2) is 4.79 Å². The monoisotopic (exact) mass is 485 g/mol. The van der Waals surface area contributed by atoms with Crippen LogP contribution in [0.4, 0.5) is 5.69 Å². The molecule has 5 atom stereocenters. The average Bonchev–Trinajstić information content (AvgIpc) is 2.75. The summed E-state index contributed by atoms with van der Waals surface area (Å²) in [7, 11) is 1.01. The highest BCUT2D eigenvalue weighted by Crippen LogP contribution is 2.35. The Morgan fingerprint density at radius 3 is 2.06 bits per heavy atom. The van der Waals surface area contributed by atoms with Gasteiger partial charge in [-0.1, -0.05) is 0 Å². The highest BCUT2D eigenvalue weighted by atomic mass is 16.7. The molecule has 0 saturated carbocycles. The molecule has 1 heterocycles. The van der Waals surface area contributed by atoms with E-state index in [0.717, 1.165) is 40.0 Å². The molecule has 1 N–H and O–H groups in total. The highest BCUT2D eigenvalue weighted by molar-refractivity contribution is 5.77. The maximum absolute atomic E-state index is 12.4. The van der Waals surface area contributed by atoms with Crippen LogP contribution in [0.15, 0.2) is 18.2 Å². The fraction of sp³-hybridized carbons (Fsp3) is 0.500. The lowest BCUT2D eigenvalue weighted by molar-refractivity contribution is -0.387. The number of nitro groups is 1. The molecule has 0 spiro atoms. The van der Waals surface area contributed by atoms with Crippen molar-refractivity contribution in [3.63, 3.8) is 0 Å². The summed E-state index contributed by atoms with van der Waals surface area (Å²) in [5.41, 5.74) is -0.303. The maximum Gasteiger partial charge on any atom is 0.339 e. The molecule has 0 amide bonds. The van der Waals surface area contributed by atoms with E-state index >= 15 is 0 Å². The number of hydrogen-bond acceptors (Lipinski definition) is 13. The first-order chi connectivity index (χ1) is 16.0. The van der Waals surface area contributed by atoms with Gasteiger partial charge in [0, 0.05) is 26.8 Å². The molecule has 0 bridgehead atoms. The van der Waals surface area contributed by atoms with Gasteiger partial charge in [0.05, 0.1) is 18.6 Å². The average molecular weight is 485 g/mol. The zero-order chi connectivity index (χ0) is 25.6. The Kier molecular flexibility index (Phi) is 8.86. The summed E-state index contributed by atoms with van der Waals surface area (Å²) in [6.45, 7) is 2.57. The Morgan fingerprint density at radius 2 is 1.56 bits per heavy atom. The molecule has 0 aromatic heterocycles. The Balaban J connectivity index is 2.61. The van der Waals surface area contributed by atoms with Crippen LogP contribution >= 0.6 is 0 Å².